The molecule has 6 heteroatoms. The molecule has 2 aromatic rings. The van der Waals surface area contributed by atoms with Gasteiger partial charge in [0.05, 0.1) is 17.8 Å². The predicted octanol–water partition coefficient (Wildman–Crippen LogP) is 4.24. The molecule has 134 valence electrons. The largest absolute Gasteiger partial charge is 0.490 e. The van der Waals surface area contributed by atoms with Crippen molar-refractivity contribution in [2.24, 2.45) is 0 Å². The second kappa shape index (κ2) is 7.06. The maximum Gasteiger partial charge on any atom is 0.416 e. The number of alkyl halides is 3. The van der Waals surface area contributed by atoms with Gasteiger partial charge >= 0.3 is 6.18 Å². The lowest BCUT2D eigenvalue weighted by molar-refractivity contribution is -0.137. The number of rotatable bonds is 4. The number of fused-ring (bicyclic) bond motifs is 1. The lowest BCUT2D eigenvalue weighted by atomic mass is 9.96. The van der Waals surface area contributed by atoms with Crippen molar-refractivity contribution in [2.45, 2.75) is 37.8 Å². The zero-order valence-corrected chi connectivity index (χ0v) is 13.8. The van der Waals surface area contributed by atoms with Crippen molar-refractivity contribution < 1.29 is 23.0 Å². The third-order valence-electron chi connectivity index (χ3n) is 4.37. The van der Waals surface area contributed by atoms with Crippen LogP contribution in [0.5, 0.6) is 5.75 Å². The van der Waals surface area contributed by atoms with Crippen molar-refractivity contribution in [3.05, 3.63) is 65.2 Å². The lowest BCUT2D eigenvalue weighted by Crippen LogP contribution is -2.33. The van der Waals surface area contributed by atoms with Crippen LogP contribution in [0.4, 0.5) is 13.2 Å². The Balaban J connectivity index is 1.65. The number of ether oxygens (including phenoxy) is 1. The van der Waals surface area contributed by atoms with Crippen LogP contribution < -0.4 is 10.1 Å². The standard InChI is InChI=1S/C19H20F3NO2/c1-12-10-16(15-4-2-3-5-18(15)25-12)23-11-17(24)13-6-8-14(9-7-13)19(20,21)22/h2-9,12,16-17,23-24H,10-11H2,1H3/t12-,16-,17?/m1/s1. The summed E-state index contributed by atoms with van der Waals surface area (Å²) in [5.74, 6) is 0.822. The number of hydrogen-bond donors (Lipinski definition) is 2. The Morgan fingerprint density at radius 2 is 1.84 bits per heavy atom. The normalized spacial score (nSPS) is 21.3. The fourth-order valence-electron chi connectivity index (χ4n) is 3.06. The Bertz CT molecular complexity index is 715. The van der Waals surface area contributed by atoms with E-state index in [1.165, 1.54) is 12.1 Å². The molecule has 3 nitrogen and oxygen atoms in total. The van der Waals surface area contributed by atoms with E-state index in [-0.39, 0.29) is 18.7 Å². The smallest absolute Gasteiger partial charge is 0.416 e. The van der Waals surface area contributed by atoms with Crippen molar-refractivity contribution in [3.63, 3.8) is 0 Å². The minimum absolute atomic E-state index is 0.0315. The van der Waals surface area contributed by atoms with Crippen LogP contribution in [0.15, 0.2) is 48.5 Å². The van der Waals surface area contributed by atoms with Gasteiger partial charge in [0.15, 0.2) is 0 Å². The van der Waals surface area contributed by atoms with Crippen LogP contribution in [0.2, 0.25) is 0 Å². The summed E-state index contributed by atoms with van der Waals surface area (Å²) in [6.45, 7) is 2.23. The summed E-state index contributed by atoms with van der Waals surface area (Å²) in [4.78, 5) is 0. The molecule has 0 aromatic heterocycles. The number of benzene rings is 2. The third kappa shape index (κ3) is 4.14. The van der Waals surface area contributed by atoms with Crippen LogP contribution in [0.25, 0.3) is 0 Å². The summed E-state index contributed by atoms with van der Waals surface area (Å²) in [7, 11) is 0. The highest BCUT2D eigenvalue weighted by atomic mass is 19.4. The highest BCUT2D eigenvalue weighted by molar-refractivity contribution is 5.38. The van der Waals surface area contributed by atoms with Gasteiger partial charge in [-0.15, -0.1) is 0 Å². The van der Waals surface area contributed by atoms with Crippen molar-refractivity contribution in [1.82, 2.24) is 5.32 Å². The molecular weight excluding hydrogens is 331 g/mol. The van der Waals surface area contributed by atoms with E-state index in [9.17, 15) is 18.3 Å². The molecule has 1 unspecified atom stereocenters. The topological polar surface area (TPSA) is 41.5 Å². The number of nitrogens with one attached hydrogen (secondary N) is 1. The van der Waals surface area contributed by atoms with Crippen LogP contribution in [0.1, 0.15) is 42.2 Å². The van der Waals surface area contributed by atoms with E-state index in [2.05, 4.69) is 5.32 Å². The molecule has 0 aliphatic carbocycles. The average molecular weight is 351 g/mol. The van der Waals surface area contributed by atoms with Gasteiger partial charge in [0, 0.05) is 24.6 Å². The number of hydrogen-bond acceptors (Lipinski definition) is 3. The summed E-state index contributed by atoms with van der Waals surface area (Å²) in [5.41, 5.74) is 0.762. The highest BCUT2D eigenvalue weighted by Crippen LogP contribution is 2.35. The molecule has 1 aliphatic heterocycles. The van der Waals surface area contributed by atoms with Crippen molar-refractivity contribution >= 4 is 0 Å². The van der Waals surface area contributed by atoms with Gasteiger partial charge in [0.2, 0.25) is 0 Å². The predicted molar refractivity (Wildman–Crippen MR) is 88.3 cm³/mol. The molecule has 0 amide bonds. The van der Waals surface area contributed by atoms with Gasteiger partial charge < -0.3 is 15.2 Å². The molecule has 0 spiro atoms. The number of aliphatic hydroxyl groups excluding tert-OH is 1. The quantitative estimate of drug-likeness (QED) is 0.866. The second-order valence-corrected chi connectivity index (χ2v) is 6.30. The van der Waals surface area contributed by atoms with Crippen LogP contribution >= 0.6 is 0 Å². The van der Waals surface area contributed by atoms with E-state index in [0.29, 0.717) is 5.56 Å². The minimum Gasteiger partial charge on any atom is -0.490 e. The van der Waals surface area contributed by atoms with Crippen molar-refractivity contribution in [2.75, 3.05) is 6.54 Å². The molecule has 2 N–H and O–H groups in total. The maximum absolute atomic E-state index is 12.6. The molecule has 3 rings (SSSR count). The molecule has 1 aliphatic rings. The molecule has 25 heavy (non-hydrogen) atoms. The van der Waals surface area contributed by atoms with E-state index in [1.54, 1.807) is 0 Å². The zero-order chi connectivity index (χ0) is 18.0. The Morgan fingerprint density at radius 1 is 1.16 bits per heavy atom. The van der Waals surface area contributed by atoms with Gasteiger partial charge in [-0.1, -0.05) is 30.3 Å². The van der Waals surface area contributed by atoms with E-state index < -0.39 is 17.8 Å². The fourth-order valence-corrected chi connectivity index (χ4v) is 3.06. The maximum atomic E-state index is 12.6. The van der Waals surface area contributed by atoms with Crippen LogP contribution in [-0.2, 0) is 6.18 Å². The summed E-state index contributed by atoms with van der Waals surface area (Å²) in [6, 6.07) is 12.4. The van der Waals surface area contributed by atoms with Gasteiger partial charge in [-0.25, -0.2) is 0 Å². The fraction of sp³-hybridized carbons (Fsp3) is 0.368. The first-order valence-corrected chi connectivity index (χ1v) is 8.19. The first kappa shape index (κ1) is 17.8. The zero-order valence-electron chi connectivity index (χ0n) is 13.8. The minimum atomic E-state index is -4.37. The van der Waals surface area contributed by atoms with Gasteiger partial charge in [0.1, 0.15) is 5.75 Å². The van der Waals surface area contributed by atoms with Gasteiger partial charge in [-0.2, -0.15) is 13.2 Å². The molecule has 3 atom stereocenters. The van der Waals surface area contributed by atoms with Gasteiger partial charge in [-0.05, 0) is 30.7 Å². The number of aliphatic hydroxyl groups is 1. The first-order valence-electron chi connectivity index (χ1n) is 8.19. The molecular formula is C19H20F3NO2. The molecule has 1 heterocycles. The summed E-state index contributed by atoms with van der Waals surface area (Å²) < 4.78 is 43.6. The third-order valence-corrected chi connectivity index (χ3v) is 4.37. The molecule has 0 fully saturated rings. The highest BCUT2D eigenvalue weighted by Gasteiger charge is 2.30. The second-order valence-electron chi connectivity index (χ2n) is 6.30. The number of para-hydroxylation sites is 1. The van der Waals surface area contributed by atoms with Crippen molar-refractivity contribution in [1.29, 1.82) is 0 Å². The van der Waals surface area contributed by atoms with Gasteiger partial charge in [0.25, 0.3) is 0 Å². The summed E-state index contributed by atoms with van der Waals surface area (Å²) >= 11 is 0. The summed E-state index contributed by atoms with van der Waals surface area (Å²) in [5, 5.41) is 13.6. The molecule has 0 saturated carbocycles. The Kier molecular flexibility index (Phi) is 5.01. The van der Waals surface area contributed by atoms with Crippen LogP contribution in [0, 0.1) is 0 Å². The Morgan fingerprint density at radius 3 is 2.52 bits per heavy atom. The van der Waals surface area contributed by atoms with E-state index in [4.69, 9.17) is 4.74 Å². The molecule has 0 saturated heterocycles. The Labute approximate surface area is 144 Å². The van der Waals surface area contributed by atoms with Crippen LogP contribution in [-0.4, -0.2) is 17.8 Å². The summed E-state index contributed by atoms with van der Waals surface area (Å²) in [6.07, 6.45) is -4.44. The van der Waals surface area contributed by atoms with E-state index in [1.807, 2.05) is 31.2 Å². The Hall–Kier alpha value is -2.05. The monoisotopic (exact) mass is 351 g/mol. The van der Waals surface area contributed by atoms with Crippen molar-refractivity contribution in [3.8, 4) is 5.75 Å². The van der Waals surface area contributed by atoms with E-state index >= 15 is 0 Å². The van der Waals surface area contributed by atoms with E-state index in [0.717, 1.165) is 29.9 Å². The number of halogens is 3. The SMILES string of the molecule is C[C@@H]1C[C@@H](NCC(O)c2ccc(C(F)(F)F)cc2)c2ccccc2O1. The first-order chi connectivity index (χ1) is 11.8. The molecule has 0 radical (unpaired) electrons. The lowest BCUT2D eigenvalue weighted by Gasteiger charge is -2.31. The van der Waals surface area contributed by atoms with Gasteiger partial charge in [-0.3, -0.25) is 0 Å². The average Bonchev–Trinajstić information content (AvgIpc) is 2.58. The molecule has 2 aromatic carbocycles. The molecule has 0 bridgehead atoms. The van der Waals surface area contributed by atoms with Crippen LogP contribution in [0.3, 0.4) is 0 Å².